The monoisotopic (exact) mass is 267 g/mol. The summed E-state index contributed by atoms with van der Waals surface area (Å²) in [7, 11) is 0. The Hall–Kier alpha value is -1.97. The molecule has 1 aliphatic rings. The van der Waals surface area contributed by atoms with E-state index in [0.717, 1.165) is 11.1 Å². The molecule has 0 radical (unpaired) electrons. The third kappa shape index (κ3) is 2.50. The zero-order valence-corrected chi connectivity index (χ0v) is 11.2. The number of carbonyl (C=O) groups excluding carboxylic acids is 1. The molecule has 2 N–H and O–H groups in total. The van der Waals surface area contributed by atoms with Crippen molar-refractivity contribution in [1.82, 2.24) is 0 Å². The number of carbonyl (C=O) groups is 1. The van der Waals surface area contributed by atoms with E-state index in [0.29, 0.717) is 18.8 Å². The van der Waals surface area contributed by atoms with Crippen LogP contribution in [0.3, 0.4) is 0 Å². The summed E-state index contributed by atoms with van der Waals surface area (Å²) in [6, 6.07) is 17.6. The quantitative estimate of drug-likeness (QED) is 0.869. The number of rotatable bonds is 3. The molecule has 0 aromatic heterocycles. The van der Waals surface area contributed by atoms with Crippen molar-refractivity contribution in [2.75, 3.05) is 13.2 Å². The number of benzene rings is 2. The molecular formula is C17H17NO2. The Bertz CT molecular complexity index is 592. The molecule has 2 atom stereocenters. The van der Waals surface area contributed by atoms with E-state index in [9.17, 15) is 4.79 Å². The maximum absolute atomic E-state index is 12.3. The van der Waals surface area contributed by atoms with E-state index >= 15 is 0 Å². The lowest BCUT2D eigenvalue weighted by molar-refractivity contribution is 0.0896. The van der Waals surface area contributed by atoms with Crippen molar-refractivity contribution in [3.8, 4) is 11.1 Å². The number of ketones is 1. The summed E-state index contributed by atoms with van der Waals surface area (Å²) in [5.74, 6) is -0.132. The minimum absolute atomic E-state index is 0.0783. The fraction of sp³-hybridized carbons (Fsp3) is 0.235. The van der Waals surface area contributed by atoms with Crippen LogP contribution >= 0.6 is 0 Å². The standard InChI is InChI=1S/C17H17NO2/c18-16-11-20-10-15(16)17(19)14-8-6-13(7-9-14)12-4-2-1-3-5-12/h1-9,15-16H,10-11,18H2. The van der Waals surface area contributed by atoms with Crippen molar-refractivity contribution in [2.45, 2.75) is 6.04 Å². The van der Waals surface area contributed by atoms with E-state index in [1.165, 1.54) is 0 Å². The van der Waals surface area contributed by atoms with Gasteiger partial charge in [0, 0.05) is 11.6 Å². The summed E-state index contributed by atoms with van der Waals surface area (Å²) in [6.07, 6.45) is 0. The van der Waals surface area contributed by atoms with Gasteiger partial charge in [-0.15, -0.1) is 0 Å². The summed E-state index contributed by atoms with van der Waals surface area (Å²) in [4.78, 5) is 12.3. The molecule has 0 aliphatic carbocycles. The molecule has 1 heterocycles. The van der Waals surface area contributed by atoms with Crippen molar-refractivity contribution >= 4 is 5.78 Å². The van der Waals surface area contributed by atoms with Crippen LogP contribution in [-0.2, 0) is 4.74 Å². The van der Waals surface area contributed by atoms with Crippen molar-refractivity contribution in [3.05, 3.63) is 60.2 Å². The predicted molar refractivity (Wildman–Crippen MR) is 78.5 cm³/mol. The highest BCUT2D eigenvalue weighted by molar-refractivity contribution is 5.99. The molecule has 1 saturated heterocycles. The number of ether oxygens (including phenoxy) is 1. The van der Waals surface area contributed by atoms with Gasteiger partial charge in [0.25, 0.3) is 0 Å². The fourth-order valence-electron chi connectivity index (χ4n) is 2.51. The van der Waals surface area contributed by atoms with Gasteiger partial charge in [-0.25, -0.2) is 0 Å². The average Bonchev–Trinajstić information content (AvgIpc) is 2.94. The Morgan fingerprint density at radius 2 is 1.60 bits per heavy atom. The Labute approximate surface area is 118 Å². The second kappa shape index (κ2) is 5.57. The maximum Gasteiger partial charge on any atom is 0.169 e. The van der Waals surface area contributed by atoms with Gasteiger partial charge in [-0.1, -0.05) is 54.6 Å². The molecule has 0 amide bonds. The van der Waals surface area contributed by atoms with Gasteiger partial charge < -0.3 is 10.5 Å². The lowest BCUT2D eigenvalue weighted by Gasteiger charge is -2.12. The number of Topliss-reactive ketones (excluding diaryl/α,β-unsaturated/α-hetero) is 1. The highest BCUT2D eigenvalue weighted by Crippen LogP contribution is 2.22. The van der Waals surface area contributed by atoms with Crippen LogP contribution in [0.15, 0.2) is 54.6 Å². The molecule has 20 heavy (non-hydrogen) atoms. The average molecular weight is 267 g/mol. The molecule has 1 fully saturated rings. The van der Waals surface area contributed by atoms with Crippen LogP contribution in [0.25, 0.3) is 11.1 Å². The molecule has 2 aromatic rings. The zero-order chi connectivity index (χ0) is 13.9. The van der Waals surface area contributed by atoms with Crippen molar-refractivity contribution in [3.63, 3.8) is 0 Å². The highest BCUT2D eigenvalue weighted by atomic mass is 16.5. The van der Waals surface area contributed by atoms with E-state index in [-0.39, 0.29) is 17.7 Å². The number of hydrogen-bond donors (Lipinski definition) is 1. The SMILES string of the molecule is NC1COCC1C(=O)c1ccc(-c2ccccc2)cc1. The van der Waals surface area contributed by atoms with Crippen LogP contribution in [0.5, 0.6) is 0 Å². The molecule has 0 spiro atoms. The highest BCUT2D eigenvalue weighted by Gasteiger charge is 2.31. The smallest absolute Gasteiger partial charge is 0.169 e. The third-order valence-electron chi connectivity index (χ3n) is 3.74. The Morgan fingerprint density at radius 1 is 0.950 bits per heavy atom. The van der Waals surface area contributed by atoms with Gasteiger partial charge in [-0.2, -0.15) is 0 Å². The lowest BCUT2D eigenvalue weighted by atomic mass is 9.93. The molecule has 0 bridgehead atoms. The number of nitrogens with two attached hydrogens (primary N) is 1. The Kier molecular flexibility index (Phi) is 3.63. The summed E-state index contributed by atoms with van der Waals surface area (Å²) in [5, 5.41) is 0. The predicted octanol–water partition coefficient (Wildman–Crippen LogP) is 2.51. The van der Waals surface area contributed by atoms with Gasteiger partial charge in [0.05, 0.1) is 19.1 Å². The van der Waals surface area contributed by atoms with Gasteiger partial charge >= 0.3 is 0 Å². The first kappa shape index (κ1) is 13.0. The van der Waals surface area contributed by atoms with Crippen molar-refractivity contribution in [2.24, 2.45) is 11.7 Å². The van der Waals surface area contributed by atoms with Crippen molar-refractivity contribution < 1.29 is 9.53 Å². The number of hydrogen-bond acceptors (Lipinski definition) is 3. The summed E-state index contributed by atoms with van der Waals surface area (Å²) >= 11 is 0. The Morgan fingerprint density at radius 3 is 2.20 bits per heavy atom. The summed E-state index contributed by atoms with van der Waals surface area (Å²) in [5.41, 5.74) is 8.85. The fourth-order valence-corrected chi connectivity index (χ4v) is 2.51. The first-order valence-electron chi connectivity index (χ1n) is 6.79. The van der Waals surface area contributed by atoms with E-state index < -0.39 is 0 Å². The molecule has 3 heteroatoms. The molecule has 3 nitrogen and oxygen atoms in total. The summed E-state index contributed by atoms with van der Waals surface area (Å²) < 4.78 is 5.26. The van der Waals surface area contributed by atoms with E-state index in [4.69, 9.17) is 10.5 Å². The molecule has 1 aliphatic heterocycles. The molecule has 102 valence electrons. The second-order valence-electron chi connectivity index (χ2n) is 5.12. The first-order valence-corrected chi connectivity index (χ1v) is 6.79. The van der Waals surface area contributed by atoms with Crippen LogP contribution in [-0.4, -0.2) is 25.0 Å². The first-order chi connectivity index (χ1) is 9.75. The topological polar surface area (TPSA) is 52.3 Å². The van der Waals surface area contributed by atoms with Crippen LogP contribution in [0, 0.1) is 5.92 Å². The van der Waals surface area contributed by atoms with Gasteiger partial charge in [0.2, 0.25) is 0 Å². The largest absolute Gasteiger partial charge is 0.379 e. The van der Waals surface area contributed by atoms with Crippen LogP contribution in [0.4, 0.5) is 0 Å². The van der Waals surface area contributed by atoms with Crippen LogP contribution < -0.4 is 5.73 Å². The Balaban J connectivity index is 1.81. The van der Waals surface area contributed by atoms with Crippen LogP contribution in [0.2, 0.25) is 0 Å². The molecule has 2 aromatic carbocycles. The zero-order valence-electron chi connectivity index (χ0n) is 11.2. The van der Waals surface area contributed by atoms with Gasteiger partial charge in [0.1, 0.15) is 0 Å². The second-order valence-corrected chi connectivity index (χ2v) is 5.12. The van der Waals surface area contributed by atoms with Crippen molar-refractivity contribution in [1.29, 1.82) is 0 Å². The van der Waals surface area contributed by atoms with E-state index in [1.807, 2.05) is 42.5 Å². The molecule has 2 unspecified atom stereocenters. The lowest BCUT2D eigenvalue weighted by Crippen LogP contribution is -2.34. The van der Waals surface area contributed by atoms with E-state index in [1.54, 1.807) is 0 Å². The minimum atomic E-state index is -0.211. The van der Waals surface area contributed by atoms with Gasteiger partial charge in [-0.05, 0) is 11.1 Å². The van der Waals surface area contributed by atoms with Gasteiger partial charge in [0.15, 0.2) is 5.78 Å². The maximum atomic E-state index is 12.3. The van der Waals surface area contributed by atoms with Crippen LogP contribution in [0.1, 0.15) is 10.4 Å². The van der Waals surface area contributed by atoms with Gasteiger partial charge in [-0.3, -0.25) is 4.79 Å². The molecule has 0 saturated carbocycles. The van der Waals surface area contributed by atoms with E-state index in [2.05, 4.69) is 12.1 Å². The summed E-state index contributed by atoms with van der Waals surface area (Å²) in [6.45, 7) is 0.902. The third-order valence-corrected chi connectivity index (χ3v) is 3.74. The normalized spacial score (nSPS) is 21.9. The molecule has 3 rings (SSSR count). The minimum Gasteiger partial charge on any atom is -0.379 e. The molecular weight excluding hydrogens is 250 g/mol.